The topological polar surface area (TPSA) is 17.1 Å². The molecular formula is C14H18O. The van der Waals surface area contributed by atoms with Crippen molar-refractivity contribution in [3.8, 4) is 0 Å². The van der Waals surface area contributed by atoms with Gasteiger partial charge in [0.15, 0.2) is 0 Å². The van der Waals surface area contributed by atoms with Gasteiger partial charge in [0.25, 0.3) is 0 Å². The van der Waals surface area contributed by atoms with Gasteiger partial charge in [0.05, 0.1) is 0 Å². The monoisotopic (exact) mass is 202 g/mol. The van der Waals surface area contributed by atoms with Gasteiger partial charge in [0, 0.05) is 11.8 Å². The molecule has 0 aromatic heterocycles. The van der Waals surface area contributed by atoms with Crippen LogP contribution in [0.5, 0.6) is 0 Å². The number of rotatable bonds is 2. The molecule has 0 bridgehead atoms. The highest BCUT2D eigenvalue weighted by molar-refractivity contribution is 5.84. The van der Waals surface area contributed by atoms with Crippen molar-refractivity contribution in [1.82, 2.24) is 0 Å². The molecule has 2 unspecified atom stereocenters. The zero-order valence-electron chi connectivity index (χ0n) is 9.28. The Morgan fingerprint density at radius 1 is 1.20 bits per heavy atom. The van der Waals surface area contributed by atoms with E-state index in [0.29, 0.717) is 5.78 Å². The molecule has 1 nitrogen and oxygen atoms in total. The van der Waals surface area contributed by atoms with Crippen molar-refractivity contribution in [2.75, 3.05) is 0 Å². The van der Waals surface area contributed by atoms with Gasteiger partial charge in [0.1, 0.15) is 5.78 Å². The first-order valence-corrected chi connectivity index (χ1v) is 5.85. The quantitative estimate of drug-likeness (QED) is 0.719. The predicted octanol–water partition coefficient (Wildman–Crippen LogP) is 3.23. The number of Topliss-reactive ketones (excluding diaryl/α,β-unsaturated/α-hetero) is 1. The molecule has 2 atom stereocenters. The van der Waals surface area contributed by atoms with Gasteiger partial charge in [-0.1, -0.05) is 43.7 Å². The lowest BCUT2D eigenvalue weighted by Crippen LogP contribution is -2.28. The fourth-order valence-electron chi connectivity index (χ4n) is 2.46. The van der Waals surface area contributed by atoms with Crippen LogP contribution >= 0.6 is 0 Å². The Labute approximate surface area is 91.5 Å². The summed E-state index contributed by atoms with van der Waals surface area (Å²) < 4.78 is 0. The van der Waals surface area contributed by atoms with Gasteiger partial charge in [-0.3, -0.25) is 4.79 Å². The van der Waals surface area contributed by atoms with Crippen LogP contribution in [0.15, 0.2) is 30.3 Å². The van der Waals surface area contributed by atoms with Crippen molar-refractivity contribution in [3.63, 3.8) is 0 Å². The maximum Gasteiger partial charge on any atom is 0.139 e. The molecule has 0 saturated heterocycles. The van der Waals surface area contributed by atoms with Gasteiger partial charge >= 0.3 is 0 Å². The fourth-order valence-corrected chi connectivity index (χ4v) is 2.46. The molecule has 1 aliphatic carbocycles. The summed E-state index contributed by atoms with van der Waals surface area (Å²) in [5.74, 6) is 1.04. The van der Waals surface area contributed by atoms with Crippen LogP contribution in [-0.2, 0) is 11.2 Å². The summed E-state index contributed by atoms with van der Waals surface area (Å²) in [5.41, 5.74) is 1.30. The molecule has 0 spiro atoms. The lowest BCUT2D eigenvalue weighted by Gasteiger charge is -2.25. The molecule has 1 saturated carbocycles. The molecule has 1 fully saturated rings. The Hall–Kier alpha value is -1.11. The summed E-state index contributed by atoms with van der Waals surface area (Å²) in [7, 11) is 0. The molecule has 0 N–H and O–H groups in total. The van der Waals surface area contributed by atoms with Crippen LogP contribution in [0.25, 0.3) is 0 Å². The predicted molar refractivity (Wildman–Crippen MR) is 61.7 cm³/mol. The maximum atomic E-state index is 11.9. The normalized spacial score (nSPS) is 26.6. The molecule has 80 valence electrons. The van der Waals surface area contributed by atoms with E-state index >= 15 is 0 Å². The van der Waals surface area contributed by atoms with E-state index in [1.54, 1.807) is 0 Å². The Morgan fingerprint density at radius 3 is 2.67 bits per heavy atom. The van der Waals surface area contributed by atoms with E-state index in [9.17, 15) is 4.79 Å². The average Bonchev–Trinajstić information content (AvgIpc) is 2.26. The van der Waals surface area contributed by atoms with Crippen LogP contribution in [0.1, 0.15) is 31.7 Å². The first kappa shape index (κ1) is 10.4. The molecule has 2 rings (SSSR count). The summed E-state index contributed by atoms with van der Waals surface area (Å²) in [6, 6.07) is 10.4. The third-order valence-electron chi connectivity index (χ3n) is 3.40. The zero-order chi connectivity index (χ0) is 10.7. The summed E-state index contributed by atoms with van der Waals surface area (Å²) in [6.07, 6.45) is 4.32. The second-order valence-electron chi connectivity index (χ2n) is 4.62. The van der Waals surface area contributed by atoms with Crippen LogP contribution in [0.3, 0.4) is 0 Å². The van der Waals surface area contributed by atoms with E-state index < -0.39 is 0 Å². The smallest absolute Gasteiger partial charge is 0.139 e. The van der Waals surface area contributed by atoms with Crippen molar-refractivity contribution >= 4 is 5.78 Å². The van der Waals surface area contributed by atoms with Crippen molar-refractivity contribution < 1.29 is 4.79 Å². The number of carbonyl (C=O) groups excluding carboxylic acids is 1. The van der Waals surface area contributed by atoms with Gasteiger partial charge in [-0.05, 0) is 24.8 Å². The summed E-state index contributed by atoms with van der Waals surface area (Å²) in [5, 5.41) is 0. The van der Waals surface area contributed by atoms with Crippen LogP contribution in [0, 0.1) is 11.8 Å². The van der Waals surface area contributed by atoms with E-state index in [0.717, 1.165) is 19.3 Å². The lowest BCUT2D eigenvalue weighted by atomic mass is 9.78. The van der Waals surface area contributed by atoms with Crippen molar-refractivity contribution in [1.29, 1.82) is 0 Å². The molecule has 1 aromatic carbocycles. The molecule has 0 radical (unpaired) electrons. The minimum Gasteiger partial charge on any atom is -0.299 e. The molecule has 1 aliphatic rings. The zero-order valence-corrected chi connectivity index (χ0v) is 9.28. The Balaban J connectivity index is 2.03. The highest BCUT2D eigenvalue weighted by Crippen LogP contribution is 2.27. The standard InChI is InChI=1S/C14H18O/c1-11-6-5-9-13(14(11)15)10-12-7-3-2-4-8-12/h2-4,7-8,11,13H,5-6,9-10H2,1H3. The van der Waals surface area contributed by atoms with Gasteiger partial charge in [0.2, 0.25) is 0 Å². The fraction of sp³-hybridized carbons (Fsp3) is 0.500. The van der Waals surface area contributed by atoms with Gasteiger partial charge in [-0.15, -0.1) is 0 Å². The molecule has 0 aliphatic heterocycles. The lowest BCUT2D eigenvalue weighted by molar-refractivity contribution is -0.128. The van der Waals surface area contributed by atoms with E-state index in [2.05, 4.69) is 19.1 Å². The SMILES string of the molecule is CC1CCCC(Cc2ccccc2)C1=O. The van der Waals surface area contributed by atoms with Crippen LogP contribution < -0.4 is 0 Å². The molecule has 0 heterocycles. The van der Waals surface area contributed by atoms with Gasteiger partial charge in [-0.2, -0.15) is 0 Å². The van der Waals surface area contributed by atoms with Gasteiger partial charge in [-0.25, -0.2) is 0 Å². The second-order valence-corrected chi connectivity index (χ2v) is 4.62. The third-order valence-corrected chi connectivity index (χ3v) is 3.40. The largest absolute Gasteiger partial charge is 0.299 e. The molecular weight excluding hydrogens is 184 g/mol. The first-order valence-electron chi connectivity index (χ1n) is 5.85. The molecule has 1 aromatic rings. The summed E-state index contributed by atoms with van der Waals surface area (Å²) in [6.45, 7) is 2.07. The Bertz CT molecular complexity index is 328. The van der Waals surface area contributed by atoms with Gasteiger partial charge < -0.3 is 0 Å². The molecule has 15 heavy (non-hydrogen) atoms. The first-order chi connectivity index (χ1) is 7.27. The van der Waals surface area contributed by atoms with Crippen LogP contribution in [0.4, 0.5) is 0 Å². The van der Waals surface area contributed by atoms with Crippen molar-refractivity contribution in [2.45, 2.75) is 32.6 Å². The number of carbonyl (C=O) groups is 1. The highest BCUT2D eigenvalue weighted by Gasteiger charge is 2.27. The van der Waals surface area contributed by atoms with Crippen molar-refractivity contribution in [3.05, 3.63) is 35.9 Å². The number of benzene rings is 1. The van der Waals surface area contributed by atoms with Crippen LogP contribution in [-0.4, -0.2) is 5.78 Å². The van der Waals surface area contributed by atoms with E-state index in [4.69, 9.17) is 0 Å². The Kier molecular flexibility index (Phi) is 3.20. The minimum absolute atomic E-state index is 0.274. The van der Waals surface area contributed by atoms with Crippen molar-refractivity contribution in [2.24, 2.45) is 11.8 Å². The number of ketones is 1. The summed E-state index contributed by atoms with van der Waals surface area (Å²) >= 11 is 0. The minimum atomic E-state index is 0.274. The van der Waals surface area contributed by atoms with E-state index in [1.165, 1.54) is 12.0 Å². The highest BCUT2D eigenvalue weighted by atomic mass is 16.1. The third kappa shape index (κ3) is 2.47. The number of hydrogen-bond acceptors (Lipinski definition) is 1. The second kappa shape index (κ2) is 4.61. The van der Waals surface area contributed by atoms with E-state index in [-0.39, 0.29) is 11.8 Å². The maximum absolute atomic E-state index is 11.9. The average molecular weight is 202 g/mol. The Morgan fingerprint density at radius 2 is 1.93 bits per heavy atom. The van der Waals surface area contributed by atoms with Crippen LogP contribution in [0.2, 0.25) is 0 Å². The molecule has 0 amide bonds. The number of hydrogen-bond donors (Lipinski definition) is 0. The van der Waals surface area contributed by atoms with E-state index in [1.807, 2.05) is 18.2 Å². The molecule has 1 heteroatoms. The summed E-state index contributed by atoms with van der Waals surface area (Å²) in [4.78, 5) is 11.9.